The van der Waals surface area contributed by atoms with E-state index in [4.69, 9.17) is 16.0 Å². The minimum absolute atomic E-state index is 0.0177. The van der Waals surface area contributed by atoms with Crippen molar-refractivity contribution in [2.24, 2.45) is 0 Å². The van der Waals surface area contributed by atoms with Gasteiger partial charge in [-0.15, -0.1) is 0 Å². The second-order valence-electron chi connectivity index (χ2n) is 8.08. The summed E-state index contributed by atoms with van der Waals surface area (Å²) < 4.78 is 31.9. The first-order valence-electron chi connectivity index (χ1n) is 10.4. The molecule has 0 spiro atoms. The Labute approximate surface area is 186 Å². The molecule has 2 aromatic rings. The van der Waals surface area contributed by atoms with Crippen LogP contribution in [0.1, 0.15) is 48.8 Å². The van der Waals surface area contributed by atoms with Crippen molar-refractivity contribution in [2.75, 3.05) is 18.4 Å². The minimum atomic E-state index is -3.88. The number of phenolic OH excluding ortho intramolecular Hbond substituents is 1. The maximum absolute atomic E-state index is 13.1. The normalized spacial score (nSPS) is 21.4. The topological polar surface area (TPSA) is 121 Å². The van der Waals surface area contributed by atoms with E-state index in [-0.39, 0.29) is 21.6 Å². The van der Waals surface area contributed by atoms with E-state index in [2.05, 4.69) is 16.0 Å². The molecular weight excluding hydrogens is 442 g/mol. The number of carbonyl (C=O) groups excluding carboxylic acids is 1. The number of aryl methyl sites for hydroxylation is 2. The summed E-state index contributed by atoms with van der Waals surface area (Å²) in [4.78, 5) is 12.3. The number of phenols is 1. The number of rotatable bonds is 4. The molecule has 168 valence electrons. The Morgan fingerprint density at radius 2 is 2.10 bits per heavy atom. The van der Waals surface area contributed by atoms with Crippen LogP contribution in [0.5, 0.6) is 5.75 Å². The fourth-order valence-corrected chi connectivity index (χ4v) is 6.67. The molecule has 1 saturated heterocycles. The van der Waals surface area contributed by atoms with Crippen molar-refractivity contribution in [3.05, 3.63) is 40.3 Å². The lowest BCUT2D eigenvalue weighted by atomic mass is 9.94. The highest BCUT2D eigenvalue weighted by Gasteiger charge is 2.34. The van der Waals surface area contributed by atoms with Crippen LogP contribution in [0.2, 0.25) is 5.02 Å². The SMILES string of the molecule is Cc1cc2c(o1)[C@H](NC(=O)Nc1ccc(Cl)c(S(=O)(=O)[C@H]3CCCNC3)c1O)CCC2. The van der Waals surface area contributed by atoms with Gasteiger partial charge in [-0.1, -0.05) is 11.6 Å². The Morgan fingerprint density at radius 3 is 2.84 bits per heavy atom. The maximum atomic E-state index is 13.1. The lowest BCUT2D eigenvalue weighted by Crippen LogP contribution is -2.39. The number of sulfone groups is 1. The number of amides is 2. The Hall–Kier alpha value is -2.23. The number of hydrogen-bond donors (Lipinski definition) is 4. The number of piperidine rings is 1. The van der Waals surface area contributed by atoms with E-state index in [0.29, 0.717) is 13.0 Å². The fourth-order valence-electron chi connectivity index (χ4n) is 4.33. The van der Waals surface area contributed by atoms with E-state index in [1.54, 1.807) is 0 Å². The van der Waals surface area contributed by atoms with Gasteiger partial charge in [0.25, 0.3) is 0 Å². The van der Waals surface area contributed by atoms with Crippen LogP contribution in [-0.4, -0.2) is 37.9 Å². The zero-order chi connectivity index (χ0) is 22.2. The third-order valence-electron chi connectivity index (χ3n) is 5.83. The van der Waals surface area contributed by atoms with Crippen molar-refractivity contribution < 1.29 is 22.7 Å². The summed E-state index contributed by atoms with van der Waals surface area (Å²) >= 11 is 6.16. The third kappa shape index (κ3) is 4.40. The molecule has 0 unspecified atom stereocenters. The number of anilines is 1. The molecule has 4 N–H and O–H groups in total. The van der Waals surface area contributed by atoms with Crippen LogP contribution >= 0.6 is 11.6 Å². The Kier molecular flexibility index (Phi) is 6.18. The number of fused-ring (bicyclic) bond motifs is 1. The number of benzene rings is 1. The molecule has 0 saturated carbocycles. The zero-order valence-corrected chi connectivity index (χ0v) is 18.8. The molecule has 31 heavy (non-hydrogen) atoms. The second kappa shape index (κ2) is 8.72. The van der Waals surface area contributed by atoms with E-state index in [0.717, 1.165) is 49.3 Å². The highest BCUT2D eigenvalue weighted by Crippen LogP contribution is 2.40. The number of furan rings is 1. The van der Waals surface area contributed by atoms with Crippen molar-refractivity contribution in [3.8, 4) is 5.75 Å². The summed E-state index contributed by atoms with van der Waals surface area (Å²) in [5, 5.41) is 18.4. The summed E-state index contributed by atoms with van der Waals surface area (Å²) in [6.07, 6.45) is 3.75. The van der Waals surface area contributed by atoms with Gasteiger partial charge in [0.1, 0.15) is 16.4 Å². The highest BCUT2D eigenvalue weighted by molar-refractivity contribution is 7.92. The third-order valence-corrected chi connectivity index (χ3v) is 8.52. The van der Waals surface area contributed by atoms with Crippen molar-refractivity contribution in [1.29, 1.82) is 0 Å². The molecule has 1 aliphatic carbocycles. The molecule has 4 rings (SSSR count). The summed E-state index contributed by atoms with van der Waals surface area (Å²) in [5.41, 5.74) is 1.06. The molecule has 1 fully saturated rings. The smallest absolute Gasteiger partial charge is 0.319 e. The predicted octanol–water partition coefficient (Wildman–Crippen LogP) is 3.67. The lowest BCUT2D eigenvalue weighted by Gasteiger charge is -2.24. The molecule has 1 aromatic carbocycles. The number of halogens is 1. The van der Waals surface area contributed by atoms with Crippen molar-refractivity contribution >= 4 is 33.2 Å². The number of aromatic hydroxyl groups is 1. The van der Waals surface area contributed by atoms with Gasteiger partial charge in [0.05, 0.1) is 22.0 Å². The number of hydrogen-bond acceptors (Lipinski definition) is 6. The Bertz CT molecular complexity index is 1090. The van der Waals surface area contributed by atoms with E-state index in [9.17, 15) is 18.3 Å². The van der Waals surface area contributed by atoms with Gasteiger partial charge in [0.2, 0.25) is 0 Å². The predicted molar refractivity (Wildman–Crippen MR) is 117 cm³/mol. The van der Waals surface area contributed by atoms with Crippen molar-refractivity contribution in [2.45, 2.75) is 55.2 Å². The zero-order valence-electron chi connectivity index (χ0n) is 17.2. The van der Waals surface area contributed by atoms with Crippen molar-refractivity contribution in [3.63, 3.8) is 0 Å². The summed E-state index contributed by atoms with van der Waals surface area (Å²) in [7, 11) is -3.88. The van der Waals surface area contributed by atoms with Gasteiger partial charge in [-0.3, -0.25) is 0 Å². The molecule has 2 heterocycles. The van der Waals surface area contributed by atoms with E-state index < -0.39 is 26.9 Å². The molecule has 10 heteroatoms. The van der Waals surface area contributed by atoms with E-state index in [1.165, 1.54) is 12.1 Å². The average molecular weight is 468 g/mol. The minimum Gasteiger partial charge on any atom is -0.504 e. The van der Waals surface area contributed by atoms with E-state index in [1.807, 2.05) is 13.0 Å². The second-order valence-corrected chi connectivity index (χ2v) is 10.6. The monoisotopic (exact) mass is 467 g/mol. The molecule has 0 bridgehead atoms. The molecule has 2 aliphatic rings. The van der Waals surface area contributed by atoms with Gasteiger partial charge >= 0.3 is 6.03 Å². The summed E-state index contributed by atoms with van der Waals surface area (Å²) in [6.45, 7) is 2.92. The fraction of sp³-hybridized carbons (Fsp3) is 0.476. The molecule has 8 nitrogen and oxygen atoms in total. The molecule has 1 aliphatic heterocycles. The van der Waals surface area contributed by atoms with Gasteiger partial charge < -0.3 is 25.5 Å². The quantitative estimate of drug-likeness (QED) is 0.509. The number of carbonyl (C=O) groups is 1. The first-order chi connectivity index (χ1) is 14.8. The molecule has 2 atom stereocenters. The highest BCUT2D eigenvalue weighted by atomic mass is 35.5. The Balaban J connectivity index is 1.54. The molecule has 1 aromatic heterocycles. The van der Waals surface area contributed by atoms with E-state index >= 15 is 0 Å². The number of nitrogens with one attached hydrogen (secondary N) is 3. The Morgan fingerprint density at radius 1 is 1.29 bits per heavy atom. The van der Waals surface area contributed by atoms with Gasteiger partial charge in [-0.05, 0) is 69.3 Å². The molecule has 2 amide bonds. The largest absolute Gasteiger partial charge is 0.504 e. The van der Waals surface area contributed by atoms with Crippen LogP contribution < -0.4 is 16.0 Å². The lowest BCUT2D eigenvalue weighted by molar-refractivity contribution is 0.243. The van der Waals surface area contributed by atoms with Gasteiger partial charge in [0.15, 0.2) is 15.6 Å². The van der Waals surface area contributed by atoms with Gasteiger partial charge in [-0.25, -0.2) is 13.2 Å². The standard InChI is InChI=1S/C21H26ClN3O5S/c1-12-10-13-4-2-6-17(19(13)30-12)25-21(27)24-16-8-7-15(22)20(18(16)26)31(28,29)14-5-3-9-23-11-14/h7-8,10,14,17,23,26H,2-6,9,11H2,1H3,(H2,24,25,27)/t14-,17+/m0/s1. The van der Waals surface area contributed by atoms with Crippen LogP contribution in [0.25, 0.3) is 0 Å². The first-order valence-corrected chi connectivity index (χ1v) is 12.3. The maximum Gasteiger partial charge on any atom is 0.319 e. The van der Waals surface area contributed by atoms with Crippen LogP contribution in [-0.2, 0) is 16.3 Å². The van der Waals surface area contributed by atoms with Crippen LogP contribution in [0.4, 0.5) is 10.5 Å². The van der Waals surface area contributed by atoms with Crippen molar-refractivity contribution in [1.82, 2.24) is 10.6 Å². The van der Waals surface area contributed by atoms with Gasteiger partial charge in [-0.2, -0.15) is 0 Å². The van der Waals surface area contributed by atoms with Crippen LogP contribution in [0, 0.1) is 6.92 Å². The summed E-state index contributed by atoms with van der Waals surface area (Å²) in [5.74, 6) is 0.986. The first kappa shape index (κ1) is 22.0. The average Bonchev–Trinajstić information content (AvgIpc) is 3.12. The van der Waals surface area contributed by atoms with Crippen LogP contribution in [0.15, 0.2) is 27.5 Å². The molecule has 0 radical (unpaired) electrons. The van der Waals surface area contributed by atoms with Gasteiger partial charge in [0, 0.05) is 6.54 Å². The van der Waals surface area contributed by atoms with Crippen LogP contribution in [0.3, 0.4) is 0 Å². The summed E-state index contributed by atoms with van der Waals surface area (Å²) in [6, 6.07) is 3.88. The molecular formula is C21H26ClN3O5S. The number of urea groups is 1.